The molecule has 1 atom stereocenters. The molecular weight excluding hydrogens is 303 g/mol. The highest BCUT2D eigenvalue weighted by atomic mass is 32.1. The largest absolute Gasteiger partial charge is 0.412 e. The van der Waals surface area contributed by atoms with Crippen molar-refractivity contribution in [2.45, 2.75) is 26.1 Å². The highest BCUT2D eigenvalue weighted by Gasteiger charge is 2.42. The molecule has 112 valence electrons. The summed E-state index contributed by atoms with van der Waals surface area (Å²) in [6.45, 7) is 3.34. The molecule has 0 saturated carbocycles. The number of alkyl halides is 3. The minimum absolute atomic E-state index is 0.0237. The fraction of sp³-hybridized carbons (Fsp3) is 0.308. The van der Waals surface area contributed by atoms with Crippen LogP contribution in [0.2, 0.25) is 0 Å². The number of rotatable bonds is 3. The van der Waals surface area contributed by atoms with Crippen LogP contribution in [0.25, 0.3) is 0 Å². The molecule has 2 aromatic heterocycles. The van der Waals surface area contributed by atoms with Crippen LogP contribution in [0.1, 0.15) is 32.0 Å². The van der Waals surface area contributed by atoms with Crippen LogP contribution in [0.4, 0.5) is 13.2 Å². The molecule has 21 heavy (non-hydrogen) atoms. The van der Waals surface area contributed by atoms with Gasteiger partial charge in [0.15, 0.2) is 6.04 Å². The molecule has 0 aromatic carbocycles. The fourth-order valence-electron chi connectivity index (χ4n) is 1.84. The number of thiazole rings is 1. The number of nitrogens with zero attached hydrogens (tertiary/aromatic N) is 2. The van der Waals surface area contributed by atoms with Crippen LogP contribution in [-0.2, 0) is 0 Å². The van der Waals surface area contributed by atoms with Gasteiger partial charge in [-0.1, -0.05) is 6.07 Å². The zero-order chi connectivity index (χ0) is 15.6. The van der Waals surface area contributed by atoms with E-state index in [1.54, 1.807) is 13.8 Å². The topological polar surface area (TPSA) is 54.9 Å². The third kappa shape index (κ3) is 3.57. The fourth-order valence-corrected chi connectivity index (χ4v) is 2.65. The zero-order valence-corrected chi connectivity index (χ0v) is 12.0. The van der Waals surface area contributed by atoms with Crippen LogP contribution >= 0.6 is 11.3 Å². The lowest BCUT2D eigenvalue weighted by Gasteiger charge is -2.21. The number of carbonyl (C=O) groups is 1. The maximum absolute atomic E-state index is 13.1. The monoisotopic (exact) mass is 315 g/mol. The first kappa shape index (κ1) is 15.4. The first-order chi connectivity index (χ1) is 9.79. The highest BCUT2D eigenvalue weighted by molar-refractivity contribution is 7.11. The number of carbonyl (C=O) groups excluding carboxylic acids is 1. The quantitative estimate of drug-likeness (QED) is 0.946. The minimum atomic E-state index is -4.61. The van der Waals surface area contributed by atoms with E-state index in [4.69, 9.17) is 0 Å². The van der Waals surface area contributed by atoms with E-state index in [0.717, 1.165) is 6.20 Å². The van der Waals surface area contributed by atoms with Crippen molar-refractivity contribution in [3.05, 3.63) is 45.7 Å². The Kier molecular flexibility index (Phi) is 4.26. The van der Waals surface area contributed by atoms with E-state index in [1.165, 1.54) is 29.7 Å². The number of aromatic nitrogens is 2. The minimum Gasteiger partial charge on any atom is -0.335 e. The van der Waals surface area contributed by atoms with Gasteiger partial charge < -0.3 is 5.32 Å². The van der Waals surface area contributed by atoms with Gasteiger partial charge in [0.25, 0.3) is 5.91 Å². The Bertz CT molecular complexity index is 640. The first-order valence-corrected chi connectivity index (χ1v) is 6.82. The summed E-state index contributed by atoms with van der Waals surface area (Å²) in [4.78, 5) is 20.2. The molecule has 2 heterocycles. The van der Waals surface area contributed by atoms with Gasteiger partial charge in [-0.25, -0.2) is 4.98 Å². The SMILES string of the molecule is Cc1nc(C(=O)NC(c2cccnc2)C(F)(F)F)c(C)s1. The van der Waals surface area contributed by atoms with E-state index in [1.807, 2.05) is 5.32 Å². The third-order valence-electron chi connectivity index (χ3n) is 2.74. The van der Waals surface area contributed by atoms with Crippen LogP contribution < -0.4 is 5.32 Å². The van der Waals surface area contributed by atoms with Gasteiger partial charge in [0, 0.05) is 22.8 Å². The molecule has 0 aliphatic carbocycles. The van der Waals surface area contributed by atoms with Crippen molar-refractivity contribution in [1.82, 2.24) is 15.3 Å². The van der Waals surface area contributed by atoms with E-state index in [-0.39, 0.29) is 11.3 Å². The Morgan fingerprint density at radius 2 is 2.10 bits per heavy atom. The molecule has 2 rings (SSSR count). The standard InChI is InChI=1S/C13H12F3N3OS/c1-7-10(18-8(2)21-7)12(20)19-11(13(14,15)16)9-4-3-5-17-6-9/h3-6,11H,1-2H3,(H,19,20). The normalized spacial score (nSPS) is 13.0. The van der Waals surface area contributed by atoms with Crippen LogP contribution in [0.5, 0.6) is 0 Å². The van der Waals surface area contributed by atoms with Gasteiger partial charge in [-0.3, -0.25) is 9.78 Å². The Morgan fingerprint density at radius 3 is 2.57 bits per heavy atom. The van der Waals surface area contributed by atoms with E-state index >= 15 is 0 Å². The van der Waals surface area contributed by atoms with Crippen molar-refractivity contribution in [3.8, 4) is 0 Å². The molecule has 2 aromatic rings. The maximum atomic E-state index is 13.1. The van der Waals surface area contributed by atoms with E-state index in [2.05, 4.69) is 9.97 Å². The number of hydrogen-bond acceptors (Lipinski definition) is 4. The summed E-state index contributed by atoms with van der Waals surface area (Å²) in [6.07, 6.45) is -2.16. The van der Waals surface area contributed by atoms with Crippen LogP contribution in [-0.4, -0.2) is 22.1 Å². The van der Waals surface area contributed by atoms with Crippen molar-refractivity contribution in [1.29, 1.82) is 0 Å². The molecule has 8 heteroatoms. The predicted octanol–water partition coefficient (Wildman–Crippen LogP) is 3.19. The second-order valence-electron chi connectivity index (χ2n) is 4.37. The molecule has 0 spiro atoms. The molecule has 0 saturated heterocycles. The lowest BCUT2D eigenvalue weighted by atomic mass is 10.1. The molecular formula is C13H12F3N3OS. The summed E-state index contributed by atoms with van der Waals surface area (Å²) in [5.41, 5.74) is -0.0985. The molecule has 0 aliphatic rings. The maximum Gasteiger partial charge on any atom is 0.412 e. The second-order valence-corrected chi connectivity index (χ2v) is 5.78. The molecule has 0 fully saturated rings. The molecule has 1 unspecified atom stereocenters. The number of amides is 1. The van der Waals surface area contributed by atoms with Gasteiger partial charge in [0.05, 0.1) is 5.01 Å². The van der Waals surface area contributed by atoms with Crippen LogP contribution in [0.15, 0.2) is 24.5 Å². The zero-order valence-electron chi connectivity index (χ0n) is 11.2. The van der Waals surface area contributed by atoms with Gasteiger partial charge in [0.2, 0.25) is 0 Å². The summed E-state index contributed by atoms with van der Waals surface area (Å²) in [7, 11) is 0. The number of nitrogens with one attached hydrogen (secondary N) is 1. The van der Waals surface area contributed by atoms with Crippen molar-refractivity contribution < 1.29 is 18.0 Å². The average Bonchev–Trinajstić information content (AvgIpc) is 2.74. The molecule has 1 amide bonds. The summed E-state index contributed by atoms with van der Waals surface area (Å²) in [5.74, 6) is -0.844. The van der Waals surface area contributed by atoms with Gasteiger partial charge in [-0.05, 0) is 19.9 Å². The number of aryl methyl sites for hydroxylation is 2. The van der Waals surface area contributed by atoms with E-state index in [0.29, 0.717) is 9.88 Å². The Balaban J connectivity index is 2.28. The lowest BCUT2D eigenvalue weighted by molar-refractivity contribution is -0.155. The molecule has 0 radical (unpaired) electrons. The van der Waals surface area contributed by atoms with Gasteiger partial charge >= 0.3 is 6.18 Å². The molecule has 4 nitrogen and oxygen atoms in total. The van der Waals surface area contributed by atoms with Gasteiger partial charge in [-0.2, -0.15) is 13.2 Å². The van der Waals surface area contributed by atoms with Crippen molar-refractivity contribution in [2.24, 2.45) is 0 Å². The van der Waals surface area contributed by atoms with Crippen molar-refractivity contribution in [3.63, 3.8) is 0 Å². The summed E-state index contributed by atoms with van der Waals surface area (Å²) in [6, 6.07) is 0.545. The first-order valence-electron chi connectivity index (χ1n) is 6.00. The number of pyridine rings is 1. The van der Waals surface area contributed by atoms with Crippen molar-refractivity contribution in [2.75, 3.05) is 0 Å². The predicted molar refractivity (Wildman–Crippen MR) is 72.1 cm³/mol. The van der Waals surface area contributed by atoms with Crippen LogP contribution in [0, 0.1) is 13.8 Å². The Morgan fingerprint density at radius 1 is 1.38 bits per heavy atom. The van der Waals surface area contributed by atoms with Gasteiger partial charge in [0.1, 0.15) is 5.69 Å². The number of hydrogen-bond donors (Lipinski definition) is 1. The highest BCUT2D eigenvalue weighted by Crippen LogP contribution is 2.32. The van der Waals surface area contributed by atoms with Crippen LogP contribution in [0.3, 0.4) is 0 Å². The van der Waals surface area contributed by atoms with E-state index < -0.39 is 18.1 Å². The Labute approximate surface area is 123 Å². The van der Waals surface area contributed by atoms with Gasteiger partial charge in [-0.15, -0.1) is 11.3 Å². The summed E-state index contributed by atoms with van der Waals surface area (Å²) >= 11 is 1.26. The lowest BCUT2D eigenvalue weighted by Crippen LogP contribution is -2.38. The molecule has 0 aliphatic heterocycles. The smallest absolute Gasteiger partial charge is 0.335 e. The summed E-state index contributed by atoms with van der Waals surface area (Å²) in [5, 5.41) is 2.61. The summed E-state index contributed by atoms with van der Waals surface area (Å²) < 4.78 is 39.4. The molecule has 1 N–H and O–H groups in total. The Hall–Kier alpha value is -1.96. The molecule has 0 bridgehead atoms. The average molecular weight is 315 g/mol. The van der Waals surface area contributed by atoms with E-state index in [9.17, 15) is 18.0 Å². The second kappa shape index (κ2) is 5.80. The number of halogens is 3. The van der Waals surface area contributed by atoms with Crippen molar-refractivity contribution >= 4 is 17.2 Å². The third-order valence-corrected chi connectivity index (χ3v) is 3.63.